The van der Waals surface area contributed by atoms with Crippen molar-refractivity contribution in [3.8, 4) is 5.75 Å². The van der Waals surface area contributed by atoms with Crippen molar-refractivity contribution in [2.75, 3.05) is 20.2 Å². The van der Waals surface area contributed by atoms with Crippen LogP contribution in [0.2, 0.25) is 5.02 Å². The van der Waals surface area contributed by atoms with Gasteiger partial charge >= 0.3 is 0 Å². The predicted octanol–water partition coefficient (Wildman–Crippen LogP) is 3.65. The highest BCUT2D eigenvalue weighted by Crippen LogP contribution is 2.26. The SMILES string of the molecule is COc1ccc(Cl)cc1C(=O)N1CCC(NC(=O)C2CCCCC2)CC1. The Kier molecular flexibility index (Phi) is 6.41. The van der Waals surface area contributed by atoms with Crippen molar-refractivity contribution in [2.45, 2.75) is 51.0 Å². The quantitative estimate of drug-likeness (QED) is 0.869. The fraction of sp³-hybridized carbons (Fsp3) is 0.600. The van der Waals surface area contributed by atoms with Gasteiger partial charge in [-0.2, -0.15) is 0 Å². The number of benzene rings is 1. The molecule has 1 heterocycles. The van der Waals surface area contributed by atoms with Crippen LogP contribution in [0.3, 0.4) is 0 Å². The van der Waals surface area contributed by atoms with E-state index >= 15 is 0 Å². The summed E-state index contributed by atoms with van der Waals surface area (Å²) in [5, 5.41) is 3.71. The van der Waals surface area contributed by atoms with Gasteiger partial charge in [-0.15, -0.1) is 0 Å². The molecule has 2 aliphatic rings. The van der Waals surface area contributed by atoms with E-state index in [1.54, 1.807) is 25.3 Å². The molecule has 0 spiro atoms. The van der Waals surface area contributed by atoms with E-state index in [1.807, 2.05) is 4.90 Å². The first-order valence-electron chi connectivity index (χ1n) is 9.51. The van der Waals surface area contributed by atoms with E-state index in [0.29, 0.717) is 29.4 Å². The second-order valence-electron chi connectivity index (χ2n) is 7.25. The number of ether oxygens (including phenoxy) is 1. The molecule has 1 saturated carbocycles. The standard InChI is InChI=1S/C20H27ClN2O3/c1-26-18-8-7-15(21)13-17(18)20(25)23-11-9-16(10-12-23)22-19(24)14-5-3-2-4-6-14/h7-8,13-14,16H,2-6,9-12H2,1H3,(H,22,24). The molecule has 1 aromatic rings. The van der Waals surface area contributed by atoms with E-state index in [1.165, 1.54) is 6.42 Å². The minimum atomic E-state index is -0.0681. The maximum Gasteiger partial charge on any atom is 0.257 e. The summed E-state index contributed by atoms with van der Waals surface area (Å²) in [6, 6.07) is 5.24. The molecule has 2 fully saturated rings. The Labute approximate surface area is 160 Å². The lowest BCUT2D eigenvalue weighted by molar-refractivity contribution is -0.126. The number of piperidine rings is 1. The van der Waals surface area contributed by atoms with Gasteiger partial charge in [-0.05, 0) is 43.9 Å². The van der Waals surface area contributed by atoms with Crippen LogP contribution in [-0.4, -0.2) is 43.0 Å². The fourth-order valence-electron chi connectivity index (χ4n) is 3.93. The van der Waals surface area contributed by atoms with E-state index in [9.17, 15) is 9.59 Å². The molecule has 2 amide bonds. The highest BCUT2D eigenvalue weighted by Gasteiger charge is 2.28. The number of methoxy groups -OCH3 is 1. The average molecular weight is 379 g/mol. The highest BCUT2D eigenvalue weighted by molar-refractivity contribution is 6.31. The van der Waals surface area contributed by atoms with Gasteiger partial charge in [0, 0.05) is 30.1 Å². The third kappa shape index (κ3) is 4.50. The predicted molar refractivity (Wildman–Crippen MR) is 102 cm³/mol. The largest absolute Gasteiger partial charge is 0.496 e. The molecule has 6 heteroatoms. The van der Waals surface area contributed by atoms with Gasteiger partial charge in [-0.1, -0.05) is 30.9 Å². The molecule has 1 aromatic carbocycles. The first-order valence-corrected chi connectivity index (χ1v) is 9.89. The zero-order valence-electron chi connectivity index (χ0n) is 15.3. The molecule has 1 aliphatic carbocycles. The Morgan fingerprint density at radius 3 is 2.46 bits per heavy atom. The summed E-state index contributed by atoms with van der Waals surface area (Å²) in [5.41, 5.74) is 0.490. The number of nitrogens with zero attached hydrogens (tertiary/aromatic N) is 1. The second-order valence-corrected chi connectivity index (χ2v) is 7.69. The Balaban J connectivity index is 1.54. The molecule has 26 heavy (non-hydrogen) atoms. The summed E-state index contributed by atoms with van der Waals surface area (Å²) >= 11 is 6.04. The minimum absolute atomic E-state index is 0.0681. The summed E-state index contributed by atoms with van der Waals surface area (Å²) in [7, 11) is 1.55. The van der Waals surface area contributed by atoms with Crippen LogP contribution in [0, 0.1) is 5.92 Å². The molecule has 0 bridgehead atoms. The zero-order valence-corrected chi connectivity index (χ0v) is 16.1. The summed E-state index contributed by atoms with van der Waals surface area (Å²) in [4.78, 5) is 27.0. The molecule has 1 N–H and O–H groups in total. The third-order valence-electron chi connectivity index (χ3n) is 5.50. The lowest BCUT2D eigenvalue weighted by Crippen LogP contribution is -2.48. The van der Waals surface area contributed by atoms with Crippen molar-refractivity contribution in [1.82, 2.24) is 10.2 Å². The molecule has 0 unspecified atom stereocenters. The Morgan fingerprint density at radius 2 is 1.81 bits per heavy atom. The molecule has 5 nitrogen and oxygen atoms in total. The average Bonchev–Trinajstić information content (AvgIpc) is 2.68. The van der Waals surface area contributed by atoms with Gasteiger partial charge in [-0.3, -0.25) is 9.59 Å². The van der Waals surface area contributed by atoms with Crippen LogP contribution in [0.1, 0.15) is 55.3 Å². The van der Waals surface area contributed by atoms with Crippen LogP contribution in [0.4, 0.5) is 0 Å². The number of likely N-dealkylation sites (tertiary alicyclic amines) is 1. The molecular weight excluding hydrogens is 352 g/mol. The van der Waals surface area contributed by atoms with Crippen LogP contribution in [0.5, 0.6) is 5.75 Å². The highest BCUT2D eigenvalue weighted by atomic mass is 35.5. The Bertz CT molecular complexity index is 650. The van der Waals surface area contributed by atoms with Gasteiger partial charge in [0.15, 0.2) is 0 Å². The van der Waals surface area contributed by atoms with Crippen molar-refractivity contribution in [3.05, 3.63) is 28.8 Å². The number of amides is 2. The first kappa shape index (κ1) is 19.0. The first-order chi connectivity index (χ1) is 12.6. The van der Waals surface area contributed by atoms with Crippen LogP contribution in [-0.2, 0) is 4.79 Å². The molecule has 142 valence electrons. The van der Waals surface area contributed by atoms with Gasteiger partial charge in [0.05, 0.1) is 12.7 Å². The number of carbonyl (C=O) groups excluding carboxylic acids is 2. The smallest absolute Gasteiger partial charge is 0.257 e. The van der Waals surface area contributed by atoms with Gasteiger partial charge in [0.2, 0.25) is 5.91 Å². The van der Waals surface area contributed by atoms with Crippen LogP contribution in [0.15, 0.2) is 18.2 Å². The molecule has 1 saturated heterocycles. The van der Waals surface area contributed by atoms with Crippen molar-refractivity contribution in [1.29, 1.82) is 0 Å². The topological polar surface area (TPSA) is 58.6 Å². The van der Waals surface area contributed by atoms with Crippen molar-refractivity contribution in [2.24, 2.45) is 5.92 Å². The molecule has 3 rings (SSSR count). The number of hydrogen-bond acceptors (Lipinski definition) is 3. The third-order valence-corrected chi connectivity index (χ3v) is 5.73. The van der Waals surface area contributed by atoms with E-state index in [2.05, 4.69) is 5.32 Å². The van der Waals surface area contributed by atoms with Gasteiger partial charge in [0.25, 0.3) is 5.91 Å². The molecule has 0 atom stereocenters. The van der Waals surface area contributed by atoms with E-state index in [4.69, 9.17) is 16.3 Å². The van der Waals surface area contributed by atoms with E-state index in [0.717, 1.165) is 38.5 Å². The van der Waals surface area contributed by atoms with Gasteiger partial charge in [-0.25, -0.2) is 0 Å². The van der Waals surface area contributed by atoms with Crippen LogP contribution in [0.25, 0.3) is 0 Å². The Morgan fingerprint density at radius 1 is 1.12 bits per heavy atom. The fourth-order valence-corrected chi connectivity index (χ4v) is 4.10. The lowest BCUT2D eigenvalue weighted by Gasteiger charge is -2.33. The van der Waals surface area contributed by atoms with Crippen LogP contribution >= 0.6 is 11.6 Å². The molecule has 0 aromatic heterocycles. The molecule has 0 radical (unpaired) electrons. The van der Waals surface area contributed by atoms with Crippen molar-refractivity contribution >= 4 is 23.4 Å². The maximum atomic E-state index is 12.8. The summed E-state index contributed by atoms with van der Waals surface area (Å²) in [6.07, 6.45) is 7.16. The lowest BCUT2D eigenvalue weighted by atomic mass is 9.88. The number of halogens is 1. The monoisotopic (exact) mass is 378 g/mol. The summed E-state index contributed by atoms with van der Waals surface area (Å²) < 4.78 is 5.29. The normalized spacial score (nSPS) is 19.2. The number of carbonyl (C=O) groups is 2. The summed E-state index contributed by atoms with van der Waals surface area (Å²) in [5.74, 6) is 0.846. The number of rotatable bonds is 4. The zero-order chi connectivity index (χ0) is 18.5. The van der Waals surface area contributed by atoms with Crippen LogP contribution < -0.4 is 10.1 Å². The molecule has 1 aliphatic heterocycles. The van der Waals surface area contributed by atoms with E-state index in [-0.39, 0.29) is 23.8 Å². The number of nitrogens with one attached hydrogen (secondary N) is 1. The van der Waals surface area contributed by atoms with Gasteiger partial charge < -0.3 is 15.0 Å². The Hall–Kier alpha value is -1.75. The summed E-state index contributed by atoms with van der Waals surface area (Å²) in [6.45, 7) is 1.26. The maximum absolute atomic E-state index is 12.8. The van der Waals surface area contributed by atoms with Crippen molar-refractivity contribution in [3.63, 3.8) is 0 Å². The van der Waals surface area contributed by atoms with Gasteiger partial charge in [0.1, 0.15) is 5.75 Å². The minimum Gasteiger partial charge on any atom is -0.496 e. The van der Waals surface area contributed by atoms with Crippen molar-refractivity contribution < 1.29 is 14.3 Å². The number of hydrogen-bond donors (Lipinski definition) is 1. The molecular formula is C20H27ClN2O3. The van der Waals surface area contributed by atoms with E-state index < -0.39 is 0 Å². The second kappa shape index (κ2) is 8.76.